The lowest BCUT2D eigenvalue weighted by molar-refractivity contribution is -0.117. The van der Waals surface area contributed by atoms with E-state index >= 15 is 0 Å². The number of aryl methyl sites for hydroxylation is 2. The van der Waals surface area contributed by atoms with Crippen LogP contribution < -0.4 is 10.1 Å². The van der Waals surface area contributed by atoms with Gasteiger partial charge in [-0.1, -0.05) is 18.2 Å². The fourth-order valence-corrected chi connectivity index (χ4v) is 3.15. The van der Waals surface area contributed by atoms with Gasteiger partial charge in [0.05, 0.1) is 13.0 Å². The highest BCUT2D eigenvalue weighted by molar-refractivity contribution is 5.91. The molecular formula is C25H26N2O3. The molecule has 1 N–H and O–H groups in total. The van der Waals surface area contributed by atoms with Gasteiger partial charge in [-0.2, -0.15) is 0 Å². The van der Waals surface area contributed by atoms with Crippen LogP contribution in [0.25, 0.3) is 11.1 Å². The Morgan fingerprint density at radius 3 is 2.37 bits per heavy atom. The predicted molar refractivity (Wildman–Crippen MR) is 119 cm³/mol. The van der Waals surface area contributed by atoms with Gasteiger partial charge in [0.2, 0.25) is 5.91 Å². The number of nitrogens with one attached hydrogen (secondary N) is 1. The predicted octanol–water partition coefficient (Wildman–Crippen LogP) is 4.99. The van der Waals surface area contributed by atoms with Crippen molar-refractivity contribution in [3.63, 3.8) is 0 Å². The Morgan fingerprint density at radius 1 is 0.967 bits per heavy atom. The maximum atomic E-state index is 12.2. The SMILES string of the molecule is CC(=O)CCc1ccc(OCCC(=O)Nc2ccc(-c3ccncc3)c(C)c2)cc1. The third-order valence-corrected chi connectivity index (χ3v) is 4.79. The molecule has 0 bridgehead atoms. The lowest BCUT2D eigenvalue weighted by atomic mass is 10.0. The number of carbonyl (C=O) groups excluding carboxylic acids is 2. The zero-order valence-electron chi connectivity index (χ0n) is 17.4. The van der Waals surface area contributed by atoms with E-state index < -0.39 is 0 Å². The fourth-order valence-electron chi connectivity index (χ4n) is 3.15. The van der Waals surface area contributed by atoms with Gasteiger partial charge in [0.15, 0.2) is 0 Å². The Bertz CT molecular complexity index is 999. The summed E-state index contributed by atoms with van der Waals surface area (Å²) in [7, 11) is 0. The summed E-state index contributed by atoms with van der Waals surface area (Å²) in [6.45, 7) is 3.92. The lowest BCUT2D eigenvalue weighted by Gasteiger charge is -2.11. The van der Waals surface area contributed by atoms with Gasteiger partial charge in [-0.25, -0.2) is 0 Å². The number of amides is 1. The number of Topliss-reactive ketones (excluding diaryl/α,β-unsaturated/α-hetero) is 1. The van der Waals surface area contributed by atoms with Gasteiger partial charge in [-0.3, -0.25) is 9.78 Å². The van der Waals surface area contributed by atoms with Crippen LogP contribution in [0.2, 0.25) is 0 Å². The largest absolute Gasteiger partial charge is 0.493 e. The Hall–Kier alpha value is -3.47. The molecule has 5 heteroatoms. The number of aromatic nitrogens is 1. The molecule has 0 unspecified atom stereocenters. The van der Waals surface area contributed by atoms with Gasteiger partial charge in [-0.05, 0) is 78.9 Å². The molecule has 1 amide bonds. The standard InChI is InChI=1S/C25H26N2O3/c1-18-17-22(7-10-24(18)21-11-14-26-15-12-21)27-25(29)13-16-30-23-8-5-20(6-9-23)4-3-19(2)28/h5-12,14-15,17H,3-4,13,16H2,1-2H3,(H,27,29). The summed E-state index contributed by atoms with van der Waals surface area (Å²) in [6, 6.07) is 17.4. The van der Waals surface area contributed by atoms with Gasteiger partial charge in [0, 0.05) is 24.5 Å². The molecule has 0 atom stereocenters. The van der Waals surface area contributed by atoms with E-state index in [0.717, 1.165) is 34.4 Å². The second kappa shape index (κ2) is 10.3. The molecule has 3 aromatic rings. The number of anilines is 1. The molecule has 5 nitrogen and oxygen atoms in total. The van der Waals surface area contributed by atoms with E-state index in [4.69, 9.17) is 4.74 Å². The summed E-state index contributed by atoms with van der Waals surface area (Å²) in [5.74, 6) is 0.805. The smallest absolute Gasteiger partial charge is 0.227 e. The quantitative estimate of drug-likeness (QED) is 0.548. The Morgan fingerprint density at radius 2 is 1.70 bits per heavy atom. The molecule has 154 valence electrons. The summed E-state index contributed by atoms with van der Waals surface area (Å²) in [5, 5.41) is 2.92. The summed E-state index contributed by atoms with van der Waals surface area (Å²) in [6.07, 6.45) is 5.08. The van der Waals surface area contributed by atoms with Gasteiger partial charge >= 0.3 is 0 Å². The van der Waals surface area contributed by atoms with Crippen molar-refractivity contribution in [2.45, 2.75) is 33.1 Å². The highest BCUT2D eigenvalue weighted by atomic mass is 16.5. The van der Waals surface area contributed by atoms with Crippen molar-refractivity contribution in [1.29, 1.82) is 0 Å². The molecule has 0 saturated carbocycles. The minimum atomic E-state index is -0.0934. The minimum absolute atomic E-state index is 0.0934. The van der Waals surface area contributed by atoms with Crippen molar-refractivity contribution in [2.75, 3.05) is 11.9 Å². The number of ether oxygens (including phenoxy) is 1. The van der Waals surface area contributed by atoms with Crippen molar-refractivity contribution in [1.82, 2.24) is 4.98 Å². The van der Waals surface area contributed by atoms with E-state index in [1.54, 1.807) is 19.3 Å². The lowest BCUT2D eigenvalue weighted by Crippen LogP contribution is -2.15. The Labute approximate surface area is 177 Å². The number of benzene rings is 2. The van der Waals surface area contributed by atoms with Crippen LogP contribution in [0.15, 0.2) is 67.0 Å². The number of pyridine rings is 1. The molecule has 0 aliphatic carbocycles. The van der Waals surface area contributed by atoms with Crippen LogP contribution >= 0.6 is 0 Å². The first-order valence-corrected chi connectivity index (χ1v) is 10.0. The molecular weight excluding hydrogens is 376 g/mol. The van der Waals surface area contributed by atoms with Crippen LogP contribution in [0.1, 0.15) is 30.9 Å². The normalized spacial score (nSPS) is 10.5. The average Bonchev–Trinajstić information content (AvgIpc) is 2.74. The van der Waals surface area contributed by atoms with Crippen LogP contribution in [0.3, 0.4) is 0 Å². The first-order chi connectivity index (χ1) is 14.5. The van der Waals surface area contributed by atoms with Gasteiger partial charge in [0.25, 0.3) is 0 Å². The van der Waals surface area contributed by atoms with Crippen molar-refractivity contribution >= 4 is 17.4 Å². The van der Waals surface area contributed by atoms with E-state index in [2.05, 4.69) is 10.3 Å². The fraction of sp³-hybridized carbons (Fsp3) is 0.240. The van der Waals surface area contributed by atoms with Crippen LogP contribution in [-0.4, -0.2) is 23.3 Å². The molecule has 0 aliphatic heterocycles. The van der Waals surface area contributed by atoms with Crippen molar-refractivity contribution in [3.05, 3.63) is 78.1 Å². The average molecular weight is 402 g/mol. The summed E-state index contributed by atoms with van der Waals surface area (Å²) >= 11 is 0. The maximum Gasteiger partial charge on any atom is 0.227 e. The molecule has 0 spiro atoms. The van der Waals surface area contributed by atoms with Crippen LogP contribution in [0.4, 0.5) is 5.69 Å². The molecule has 0 aliphatic rings. The molecule has 0 radical (unpaired) electrons. The first-order valence-electron chi connectivity index (χ1n) is 10.0. The van der Waals surface area contributed by atoms with Crippen molar-refractivity contribution in [2.24, 2.45) is 0 Å². The zero-order valence-corrected chi connectivity index (χ0v) is 17.4. The third kappa shape index (κ3) is 6.27. The maximum absolute atomic E-state index is 12.2. The van der Waals surface area contributed by atoms with Crippen molar-refractivity contribution in [3.8, 4) is 16.9 Å². The highest BCUT2D eigenvalue weighted by Crippen LogP contribution is 2.25. The van der Waals surface area contributed by atoms with Gasteiger partial charge in [-0.15, -0.1) is 0 Å². The number of carbonyl (C=O) groups is 2. The molecule has 0 saturated heterocycles. The van der Waals surface area contributed by atoms with Gasteiger partial charge < -0.3 is 14.8 Å². The number of rotatable bonds is 9. The molecule has 0 fully saturated rings. The number of hydrogen-bond acceptors (Lipinski definition) is 4. The summed E-state index contributed by atoms with van der Waals surface area (Å²) in [5.41, 5.74) is 5.16. The van der Waals surface area contributed by atoms with Crippen LogP contribution in [0, 0.1) is 6.92 Å². The van der Waals surface area contributed by atoms with E-state index in [9.17, 15) is 9.59 Å². The molecule has 2 aromatic carbocycles. The molecule has 1 aromatic heterocycles. The summed E-state index contributed by atoms with van der Waals surface area (Å²) in [4.78, 5) is 27.3. The Kier molecular flexibility index (Phi) is 7.33. The van der Waals surface area contributed by atoms with E-state index in [1.165, 1.54) is 0 Å². The van der Waals surface area contributed by atoms with E-state index in [1.807, 2.05) is 61.5 Å². The van der Waals surface area contributed by atoms with Gasteiger partial charge in [0.1, 0.15) is 11.5 Å². The second-order valence-electron chi connectivity index (χ2n) is 7.26. The third-order valence-electron chi connectivity index (χ3n) is 4.79. The molecule has 1 heterocycles. The topological polar surface area (TPSA) is 68.3 Å². The number of ketones is 1. The monoisotopic (exact) mass is 402 g/mol. The number of hydrogen-bond donors (Lipinski definition) is 1. The first kappa shape index (κ1) is 21.2. The highest BCUT2D eigenvalue weighted by Gasteiger charge is 2.07. The molecule has 3 rings (SSSR count). The zero-order chi connectivity index (χ0) is 21.3. The van der Waals surface area contributed by atoms with Crippen LogP contribution in [0.5, 0.6) is 5.75 Å². The second-order valence-corrected chi connectivity index (χ2v) is 7.26. The number of nitrogens with zero attached hydrogens (tertiary/aromatic N) is 1. The van der Waals surface area contributed by atoms with E-state index in [0.29, 0.717) is 18.8 Å². The minimum Gasteiger partial charge on any atom is -0.493 e. The van der Waals surface area contributed by atoms with E-state index in [-0.39, 0.29) is 18.1 Å². The van der Waals surface area contributed by atoms with Crippen LogP contribution in [-0.2, 0) is 16.0 Å². The van der Waals surface area contributed by atoms with Crippen molar-refractivity contribution < 1.29 is 14.3 Å². The Balaban J connectivity index is 1.47. The summed E-state index contributed by atoms with van der Waals surface area (Å²) < 4.78 is 5.66. The molecule has 30 heavy (non-hydrogen) atoms.